The van der Waals surface area contributed by atoms with E-state index in [0.717, 1.165) is 38.7 Å². The largest absolute Gasteiger partial charge is 0.308 e. The first-order chi connectivity index (χ1) is 16.9. The van der Waals surface area contributed by atoms with Gasteiger partial charge in [-0.2, -0.15) is 0 Å². The van der Waals surface area contributed by atoms with Gasteiger partial charge in [-0.05, 0) is 84.6 Å². The molecule has 4 heterocycles. The number of fused-ring (bicyclic) bond motifs is 7. The first-order valence-electron chi connectivity index (χ1n) is 11.7. The van der Waals surface area contributed by atoms with E-state index < -0.39 is 0 Å². The molecule has 7 aromatic rings. The monoisotopic (exact) mass is 436 g/mol. The van der Waals surface area contributed by atoms with Crippen molar-refractivity contribution in [2.75, 3.05) is 0 Å². The minimum atomic E-state index is 1.03. The van der Waals surface area contributed by atoms with Crippen LogP contribution in [0.3, 0.4) is 0 Å². The topological polar surface area (TPSA) is 35.6 Å². The SMILES string of the molecule is c1ccc2c(c1)c1ncccc1n2-c1ccc2c(c1)c1ncccc1n2-c1ccc2c(c1)CC2. The molecule has 0 unspecified atom stereocenters. The Kier molecular flexibility index (Phi) is 3.47. The van der Waals surface area contributed by atoms with Crippen molar-refractivity contribution in [2.45, 2.75) is 12.8 Å². The van der Waals surface area contributed by atoms with Crippen LogP contribution in [0.2, 0.25) is 0 Å². The van der Waals surface area contributed by atoms with Crippen molar-refractivity contribution in [3.05, 3.63) is 108 Å². The second-order valence-corrected chi connectivity index (χ2v) is 9.08. The summed E-state index contributed by atoms with van der Waals surface area (Å²) in [5, 5.41) is 2.33. The van der Waals surface area contributed by atoms with Crippen LogP contribution < -0.4 is 0 Å². The third-order valence-corrected chi connectivity index (χ3v) is 7.30. The Labute approximate surface area is 195 Å². The second-order valence-electron chi connectivity index (χ2n) is 9.08. The van der Waals surface area contributed by atoms with Gasteiger partial charge in [0.25, 0.3) is 0 Å². The van der Waals surface area contributed by atoms with E-state index >= 15 is 0 Å². The van der Waals surface area contributed by atoms with Crippen molar-refractivity contribution in [1.82, 2.24) is 19.1 Å². The lowest BCUT2D eigenvalue weighted by Gasteiger charge is -2.20. The van der Waals surface area contributed by atoms with E-state index in [-0.39, 0.29) is 0 Å². The third-order valence-electron chi connectivity index (χ3n) is 7.30. The summed E-state index contributed by atoms with van der Waals surface area (Å²) in [5.74, 6) is 0. The van der Waals surface area contributed by atoms with E-state index in [9.17, 15) is 0 Å². The van der Waals surface area contributed by atoms with Gasteiger partial charge in [0.05, 0.1) is 33.1 Å². The van der Waals surface area contributed by atoms with Gasteiger partial charge in [0.15, 0.2) is 0 Å². The number of aromatic nitrogens is 4. The molecule has 0 radical (unpaired) electrons. The molecule has 34 heavy (non-hydrogen) atoms. The Hall–Kier alpha value is -4.44. The Morgan fingerprint density at radius 1 is 0.500 bits per heavy atom. The Balaban J connectivity index is 1.45. The normalized spacial score (nSPS) is 13.1. The van der Waals surface area contributed by atoms with Gasteiger partial charge >= 0.3 is 0 Å². The predicted octanol–water partition coefficient (Wildman–Crippen LogP) is 6.77. The maximum atomic E-state index is 4.81. The molecule has 0 fully saturated rings. The highest BCUT2D eigenvalue weighted by molar-refractivity contribution is 6.10. The van der Waals surface area contributed by atoms with Crippen LogP contribution in [0.15, 0.2) is 97.3 Å². The minimum Gasteiger partial charge on any atom is -0.308 e. The van der Waals surface area contributed by atoms with Crippen molar-refractivity contribution in [3.63, 3.8) is 0 Å². The fourth-order valence-corrected chi connectivity index (χ4v) is 5.62. The van der Waals surface area contributed by atoms with E-state index in [1.165, 1.54) is 40.6 Å². The van der Waals surface area contributed by atoms with Gasteiger partial charge in [-0.15, -0.1) is 0 Å². The lowest BCUT2D eigenvalue weighted by atomic mass is 9.88. The van der Waals surface area contributed by atoms with Crippen LogP contribution in [0.4, 0.5) is 0 Å². The van der Waals surface area contributed by atoms with Crippen LogP contribution in [0.1, 0.15) is 11.1 Å². The zero-order valence-corrected chi connectivity index (χ0v) is 18.4. The maximum Gasteiger partial charge on any atom is 0.0964 e. The number of benzene rings is 3. The number of hydrogen-bond acceptors (Lipinski definition) is 2. The van der Waals surface area contributed by atoms with E-state index in [4.69, 9.17) is 9.97 Å². The van der Waals surface area contributed by atoms with Crippen LogP contribution in [0, 0.1) is 0 Å². The summed E-state index contributed by atoms with van der Waals surface area (Å²) in [6.07, 6.45) is 6.13. The number of rotatable bonds is 2. The molecule has 0 saturated carbocycles. The van der Waals surface area contributed by atoms with Crippen LogP contribution >= 0.6 is 0 Å². The molecule has 8 rings (SSSR count). The molecule has 0 atom stereocenters. The van der Waals surface area contributed by atoms with Crippen LogP contribution in [-0.4, -0.2) is 19.1 Å². The molecule has 4 nitrogen and oxygen atoms in total. The van der Waals surface area contributed by atoms with Crippen LogP contribution in [0.25, 0.3) is 55.2 Å². The van der Waals surface area contributed by atoms with E-state index in [1.54, 1.807) is 0 Å². The zero-order chi connectivity index (χ0) is 22.2. The third kappa shape index (κ3) is 2.32. The summed E-state index contributed by atoms with van der Waals surface area (Å²) in [7, 11) is 0. The van der Waals surface area contributed by atoms with Crippen molar-refractivity contribution in [2.24, 2.45) is 0 Å². The molecule has 0 aliphatic heterocycles. The van der Waals surface area contributed by atoms with Crippen molar-refractivity contribution in [1.29, 1.82) is 0 Å². The molecule has 1 aliphatic carbocycles. The molecule has 1 aliphatic rings. The van der Waals surface area contributed by atoms with E-state index in [2.05, 4.69) is 81.9 Å². The highest BCUT2D eigenvalue weighted by Gasteiger charge is 2.19. The molecule has 0 spiro atoms. The summed E-state index contributed by atoms with van der Waals surface area (Å²) in [5.41, 5.74) is 11.9. The summed E-state index contributed by atoms with van der Waals surface area (Å²) in [6, 6.07) is 30.5. The van der Waals surface area contributed by atoms with Gasteiger partial charge in [0, 0.05) is 34.5 Å². The van der Waals surface area contributed by atoms with Crippen molar-refractivity contribution < 1.29 is 0 Å². The summed E-state index contributed by atoms with van der Waals surface area (Å²) < 4.78 is 4.67. The molecule has 0 saturated heterocycles. The highest BCUT2D eigenvalue weighted by Crippen LogP contribution is 2.36. The van der Waals surface area contributed by atoms with Gasteiger partial charge in [-0.1, -0.05) is 24.3 Å². The molecule has 160 valence electrons. The number of para-hydroxylation sites is 1. The maximum absolute atomic E-state index is 4.81. The Morgan fingerprint density at radius 2 is 1.12 bits per heavy atom. The first kappa shape index (κ1) is 18.0. The van der Waals surface area contributed by atoms with Crippen molar-refractivity contribution >= 4 is 43.9 Å². The average Bonchev–Trinajstić information content (AvgIpc) is 3.38. The Bertz CT molecular complexity index is 1870. The number of nitrogens with zero attached hydrogens (tertiary/aromatic N) is 4. The Morgan fingerprint density at radius 3 is 1.85 bits per heavy atom. The van der Waals surface area contributed by atoms with E-state index in [1.807, 2.05) is 24.5 Å². The molecular formula is C30H20N4. The highest BCUT2D eigenvalue weighted by atomic mass is 15.0. The summed E-state index contributed by atoms with van der Waals surface area (Å²) in [6.45, 7) is 0. The van der Waals surface area contributed by atoms with Gasteiger partial charge in [-0.3, -0.25) is 9.97 Å². The standard InChI is InChI=1S/C30H20N4/c1-2-6-25-23(5-1)29-27(7-3-15-31-29)34(25)22-13-14-26-24(18-22)30-28(8-4-16-32-30)33(26)21-12-11-19-9-10-20(19)17-21/h1-8,11-18H,9-10H2. The number of aryl methyl sites for hydroxylation is 2. The van der Waals surface area contributed by atoms with Crippen LogP contribution in [-0.2, 0) is 12.8 Å². The number of pyridine rings is 2. The summed E-state index contributed by atoms with van der Waals surface area (Å²) in [4.78, 5) is 9.51. The van der Waals surface area contributed by atoms with Gasteiger partial charge in [-0.25, -0.2) is 0 Å². The molecule has 4 aromatic heterocycles. The smallest absolute Gasteiger partial charge is 0.0964 e. The fourth-order valence-electron chi connectivity index (χ4n) is 5.62. The molecule has 0 amide bonds. The zero-order valence-electron chi connectivity index (χ0n) is 18.4. The van der Waals surface area contributed by atoms with Gasteiger partial charge < -0.3 is 9.13 Å². The van der Waals surface area contributed by atoms with Crippen LogP contribution in [0.5, 0.6) is 0 Å². The summed E-state index contributed by atoms with van der Waals surface area (Å²) >= 11 is 0. The molecular weight excluding hydrogens is 416 g/mol. The molecule has 4 heteroatoms. The predicted molar refractivity (Wildman–Crippen MR) is 138 cm³/mol. The minimum absolute atomic E-state index is 1.03. The number of hydrogen-bond donors (Lipinski definition) is 0. The quantitative estimate of drug-likeness (QED) is 0.300. The van der Waals surface area contributed by atoms with E-state index in [0.29, 0.717) is 0 Å². The fraction of sp³-hybridized carbons (Fsp3) is 0.0667. The lowest BCUT2D eigenvalue weighted by Crippen LogP contribution is -2.09. The molecule has 3 aromatic carbocycles. The second kappa shape index (κ2) is 6.55. The lowest BCUT2D eigenvalue weighted by molar-refractivity contribution is 0.836. The molecule has 0 N–H and O–H groups in total. The molecule has 0 bridgehead atoms. The van der Waals surface area contributed by atoms with Gasteiger partial charge in [0.2, 0.25) is 0 Å². The van der Waals surface area contributed by atoms with Crippen molar-refractivity contribution in [3.8, 4) is 11.4 Å². The first-order valence-corrected chi connectivity index (χ1v) is 11.7. The average molecular weight is 437 g/mol. The van der Waals surface area contributed by atoms with Gasteiger partial charge in [0.1, 0.15) is 0 Å².